The molecule has 1 amide bonds. The van der Waals surface area contributed by atoms with Crippen LogP contribution in [0.5, 0.6) is 17.2 Å². The van der Waals surface area contributed by atoms with Crippen LogP contribution in [0.3, 0.4) is 0 Å². The third-order valence-electron chi connectivity index (χ3n) is 6.32. The Morgan fingerprint density at radius 2 is 1.43 bits per heavy atom. The Morgan fingerprint density at radius 1 is 0.865 bits per heavy atom. The van der Waals surface area contributed by atoms with E-state index in [0.717, 1.165) is 5.75 Å². The van der Waals surface area contributed by atoms with E-state index in [1.54, 1.807) is 60.5 Å². The number of nitrogens with zero attached hydrogens (tertiary/aromatic N) is 1. The number of ether oxygens (including phenoxy) is 3. The number of amides is 1. The molecule has 1 atom stereocenters. The molecule has 0 aliphatic carbocycles. The summed E-state index contributed by atoms with van der Waals surface area (Å²) >= 11 is 0. The van der Waals surface area contributed by atoms with Gasteiger partial charge in [0.15, 0.2) is 12.4 Å². The van der Waals surface area contributed by atoms with Gasteiger partial charge in [0.2, 0.25) is 5.91 Å². The Kier molecular flexibility index (Phi) is 7.62. The van der Waals surface area contributed by atoms with Crippen LogP contribution in [0, 0.1) is 5.92 Å². The molecule has 37 heavy (non-hydrogen) atoms. The highest BCUT2D eigenvalue weighted by molar-refractivity contribution is 6.01. The monoisotopic (exact) mass is 501 g/mol. The third-order valence-corrected chi connectivity index (χ3v) is 6.32. The van der Waals surface area contributed by atoms with Gasteiger partial charge in [-0.3, -0.25) is 14.4 Å². The van der Waals surface area contributed by atoms with E-state index in [0.29, 0.717) is 22.7 Å². The van der Waals surface area contributed by atoms with Crippen LogP contribution in [0.4, 0.5) is 5.69 Å². The number of anilines is 1. The van der Waals surface area contributed by atoms with Crippen molar-refractivity contribution in [3.05, 3.63) is 83.9 Å². The predicted molar refractivity (Wildman–Crippen MR) is 140 cm³/mol. The molecule has 7 heteroatoms. The van der Waals surface area contributed by atoms with E-state index in [2.05, 4.69) is 32.9 Å². The molecule has 0 aromatic heterocycles. The lowest BCUT2D eigenvalue weighted by molar-refractivity contribution is -0.147. The van der Waals surface area contributed by atoms with Gasteiger partial charge in [-0.1, -0.05) is 32.9 Å². The van der Waals surface area contributed by atoms with Crippen LogP contribution in [0.15, 0.2) is 72.8 Å². The van der Waals surface area contributed by atoms with E-state index in [1.807, 2.05) is 12.1 Å². The van der Waals surface area contributed by atoms with E-state index < -0.39 is 11.9 Å². The lowest BCUT2D eigenvalue weighted by Crippen LogP contribution is -2.27. The summed E-state index contributed by atoms with van der Waals surface area (Å²) in [5.41, 5.74) is 2.38. The molecule has 1 heterocycles. The highest BCUT2D eigenvalue weighted by Gasteiger charge is 2.36. The number of carbonyl (C=O) groups excluding carboxylic acids is 3. The zero-order valence-corrected chi connectivity index (χ0v) is 21.5. The Morgan fingerprint density at radius 3 is 2.00 bits per heavy atom. The second-order valence-corrected chi connectivity index (χ2v) is 10.0. The number of hydrogen-bond acceptors (Lipinski definition) is 6. The minimum absolute atomic E-state index is 0.0357. The summed E-state index contributed by atoms with van der Waals surface area (Å²) in [5, 5.41) is 0. The van der Waals surface area contributed by atoms with Crippen LogP contribution in [-0.4, -0.2) is 37.9 Å². The molecule has 0 radical (unpaired) electrons. The van der Waals surface area contributed by atoms with Crippen LogP contribution >= 0.6 is 0 Å². The van der Waals surface area contributed by atoms with Gasteiger partial charge in [-0.2, -0.15) is 0 Å². The van der Waals surface area contributed by atoms with Crippen LogP contribution in [-0.2, 0) is 19.7 Å². The van der Waals surface area contributed by atoms with Gasteiger partial charge in [0, 0.05) is 24.2 Å². The van der Waals surface area contributed by atoms with Crippen molar-refractivity contribution in [2.24, 2.45) is 5.92 Å². The molecule has 1 aliphatic heterocycles. The lowest BCUT2D eigenvalue weighted by atomic mass is 9.87. The topological polar surface area (TPSA) is 82.1 Å². The molecule has 1 fully saturated rings. The average Bonchev–Trinajstić information content (AvgIpc) is 3.29. The van der Waals surface area contributed by atoms with Gasteiger partial charge in [-0.15, -0.1) is 0 Å². The summed E-state index contributed by atoms with van der Waals surface area (Å²) in [6.07, 6.45) is 0.0357. The zero-order chi connectivity index (χ0) is 26.6. The maximum atomic E-state index is 12.6. The summed E-state index contributed by atoms with van der Waals surface area (Å²) in [6.45, 7) is 6.30. The van der Waals surface area contributed by atoms with Gasteiger partial charge in [0.05, 0.1) is 13.0 Å². The van der Waals surface area contributed by atoms with Crippen molar-refractivity contribution in [2.45, 2.75) is 32.6 Å². The molecule has 3 aromatic rings. The smallest absolute Gasteiger partial charge is 0.311 e. The van der Waals surface area contributed by atoms with Gasteiger partial charge in [0.25, 0.3) is 0 Å². The first kappa shape index (κ1) is 25.9. The number of methoxy groups -OCH3 is 1. The molecule has 4 rings (SSSR count). The van der Waals surface area contributed by atoms with E-state index in [4.69, 9.17) is 14.2 Å². The standard InChI is InChI=1S/C30H31NO6/c1-30(2,3)22-7-13-25(14-8-22)37-26-15-9-23(10-16-26)31-18-21(17-28(31)33)29(34)36-19-27(32)20-5-11-24(35-4)12-6-20/h5-16,21H,17-19H2,1-4H3/t21-/m0/s1. The molecule has 7 nitrogen and oxygen atoms in total. The van der Waals surface area contributed by atoms with Crippen molar-refractivity contribution in [2.75, 3.05) is 25.2 Å². The van der Waals surface area contributed by atoms with Crippen molar-refractivity contribution in [3.8, 4) is 17.2 Å². The minimum atomic E-state index is -0.631. The van der Waals surface area contributed by atoms with Crippen molar-refractivity contribution in [1.29, 1.82) is 0 Å². The molecule has 0 N–H and O–H groups in total. The number of ketones is 1. The summed E-state index contributed by atoms with van der Waals surface area (Å²) in [6, 6.07) is 21.7. The molecule has 1 saturated heterocycles. The molecule has 0 spiro atoms. The van der Waals surface area contributed by atoms with E-state index in [9.17, 15) is 14.4 Å². The Bertz CT molecular complexity index is 1260. The van der Waals surface area contributed by atoms with Crippen LogP contribution in [0.1, 0.15) is 43.1 Å². The number of benzene rings is 3. The van der Waals surface area contributed by atoms with Crippen LogP contribution in [0.2, 0.25) is 0 Å². The molecule has 192 valence electrons. The first-order valence-electron chi connectivity index (χ1n) is 12.2. The van der Waals surface area contributed by atoms with E-state index in [-0.39, 0.29) is 36.7 Å². The Labute approximate surface area is 217 Å². The number of hydrogen-bond donors (Lipinski definition) is 0. The summed E-state index contributed by atoms with van der Waals surface area (Å²) < 4.78 is 16.2. The summed E-state index contributed by atoms with van der Waals surface area (Å²) in [7, 11) is 1.54. The normalized spacial score (nSPS) is 15.4. The van der Waals surface area contributed by atoms with Crippen molar-refractivity contribution < 1.29 is 28.6 Å². The molecular formula is C30H31NO6. The van der Waals surface area contributed by atoms with Gasteiger partial charge in [-0.25, -0.2) is 0 Å². The fraction of sp³-hybridized carbons (Fsp3) is 0.300. The van der Waals surface area contributed by atoms with Gasteiger partial charge < -0.3 is 19.1 Å². The zero-order valence-electron chi connectivity index (χ0n) is 21.5. The van der Waals surface area contributed by atoms with Crippen molar-refractivity contribution >= 4 is 23.3 Å². The average molecular weight is 502 g/mol. The molecule has 1 aliphatic rings. The number of esters is 1. The first-order valence-corrected chi connectivity index (χ1v) is 12.2. The SMILES string of the molecule is COc1ccc(C(=O)COC(=O)[C@H]2CC(=O)N(c3ccc(Oc4ccc(C(C)(C)C)cc4)cc3)C2)cc1. The maximum Gasteiger partial charge on any atom is 0.311 e. The largest absolute Gasteiger partial charge is 0.497 e. The number of carbonyl (C=O) groups is 3. The van der Waals surface area contributed by atoms with Gasteiger partial charge >= 0.3 is 5.97 Å². The summed E-state index contributed by atoms with van der Waals surface area (Å²) in [5.74, 6) is 0.324. The minimum Gasteiger partial charge on any atom is -0.497 e. The maximum absolute atomic E-state index is 12.6. The Balaban J connectivity index is 1.31. The quantitative estimate of drug-likeness (QED) is 0.297. The predicted octanol–water partition coefficient (Wildman–Crippen LogP) is 5.56. The molecule has 0 saturated carbocycles. The molecule has 0 bridgehead atoms. The fourth-order valence-electron chi connectivity index (χ4n) is 4.08. The van der Waals surface area contributed by atoms with Crippen molar-refractivity contribution in [1.82, 2.24) is 0 Å². The van der Waals surface area contributed by atoms with Crippen molar-refractivity contribution in [3.63, 3.8) is 0 Å². The fourth-order valence-corrected chi connectivity index (χ4v) is 4.08. The number of Topliss-reactive ketones (excluding diaryl/α,β-unsaturated/α-hetero) is 1. The Hall–Kier alpha value is -4.13. The van der Waals surface area contributed by atoms with E-state index >= 15 is 0 Å². The second kappa shape index (κ2) is 10.9. The van der Waals surface area contributed by atoms with Gasteiger partial charge in [0.1, 0.15) is 17.2 Å². The highest BCUT2D eigenvalue weighted by atomic mass is 16.5. The second-order valence-electron chi connectivity index (χ2n) is 10.0. The van der Waals surface area contributed by atoms with Gasteiger partial charge in [-0.05, 0) is 71.6 Å². The van der Waals surface area contributed by atoms with E-state index in [1.165, 1.54) is 5.56 Å². The third kappa shape index (κ3) is 6.36. The first-order chi connectivity index (χ1) is 17.6. The molecular weight excluding hydrogens is 470 g/mol. The highest BCUT2D eigenvalue weighted by Crippen LogP contribution is 2.30. The molecule has 0 unspecified atom stereocenters. The molecule has 3 aromatic carbocycles. The lowest BCUT2D eigenvalue weighted by Gasteiger charge is -2.19. The van der Waals surface area contributed by atoms with Crippen LogP contribution < -0.4 is 14.4 Å². The summed E-state index contributed by atoms with van der Waals surface area (Å²) in [4.78, 5) is 39.0. The van der Waals surface area contributed by atoms with Crippen LogP contribution in [0.25, 0.3) is 0 Å². The number of rotatable bonds is 8.